The van der Waals surface area contributed by atoms with E-state index in [1.54, 1.807) is 24.3 Å². The molecule has 4 aromatic rings. The lowest BCUT2D eigenvalue weighted by Crippen LogP contribution is -2.18. The molecule has 1 N–H and O–H groups in total. The summed E-state index contributed by atoms with van der Waals surface area (Å²) in [7, 11) is 0. The largest absolute Gasteiger partial charge is 0.463 e. The Balaban J connectivity index is 1.50. The smallest absolute Gasteiger partial charge is 0.271 e. The molecule has 0 radical (unpaired) electrons. The highest BCUT2D eigenvalue weighted by Crippen LogP contribution is 2.18. The zero-order valence-corrected chi connectivity index (χ0v) is 17.1. The fourth-order valence-electron chi connectivity index (χ4n) is 3.27. The van der Waals surface area contributed by atoms with Crippen molar-refractivity contribution in [2.45, 2.75) is 13.8 Å². The van der Waals surface area contributed by atoms with E-state index < -0.39 is 0 Å². The molecule has 0 fully saturated rings. The number of aromatic nitrogens is 1. The number of carbonyl (C=O) groups excluding carboxylic acids is 1. The maximum Gasteiger partial charge on any atom is 0.271 e. The van der Waals surface area contributed by atoms with Gasteiger partial charge in [0.05, 0.1) is 17.2 Å². The number of benzene rings is 2. The van der Waals surface area contributed by atoms with Crippen LogP contribution in [0.25, 0.3) is 16.7 Å². The van der Waals surface area contributed by atoms with E-state index >= 15 is 0 Å². The van der Waals surface area contributed by atoms with Crippen LogP contribution >= 0.6 is 11.6 Å². The van der Waals surface area contributed by atoms with Crippen LogP contribution in [0.4, 0.5) is 0 Å². The maximum absolute atomic E-state index is 12.5. The van der Waals surface area contributed by atoms with E-state index in [0.717, 1.165) is 17.1 Å². The lowest BCUT2D eigenvalue weighted by molar-refractivity contribution is 0.0955. The number of rotatable bonds is 4. The Kier molecular flexibility index (Phi) is 5.25. The number of halogens is 1. The third-order valence-electron chi connectivity index (χ3n) is 4.79. The third-order valence-corrected chi connectivity index (χ3v) is 5.02. The molecule has 1 amide bonds. The van der Waals surface area contributed by atoms with Crippen LogP contribution in [0.1, 0.15) is 27.3 Å². The summed E-state index contributed by atoms with van der Waals surface area (Å²) in [5, 5.41) is 4.67. The molecule has 0 saturated carbocycles. The van der Waals surface area contributed by atoms with Crippen molar-refractivity contribution in [1.29, 1.82) is 0 Å². The monoisotopic (exact) mass is 419 g/mol. The van der Waals surface area contributed by atoms with E-state index in [2.05, 4.69) is 15.1 Å². The summed E-state index contributed by atoms with van der Waals surface area (Å²) in [5.41, 5.74) is 6.45. The molecule has 2 aromatic heterocycles. The third kappa shape index (κ3) is 3.77. The maximum atomic E-state index is 12.5. The van der Waals surface area contributed by atoms with Gasteiger partial charge in [-0.1, -0.05) is 11.6 Å². The van der Waals surface area contributed by atoms with Gasteiger partial charge in [-0.05, 0) is 68.4 Å². The first-order chi connectivity index (χ1) is 14.4. The number of hydrogen-bond acceptors (Lipinski definition) is 4. The SMILES string of the molecule is Cc1ccc(C)n1-c1ccc(C(=O)NN=Cc2coc3ccc(Cl)cc3c2=O)cc1. The molecule has 0 spiro atoms. The van der Waals surface area contributed by atoms with Crippen molar-refractivity contribution in [3.63, 3.8) is 0 Å². The van der Waals surface area contributed by atoms with Crippen molar-refractivity contribution in [3.05, 3.63) is 98.6 Å². The molecule has 0 bridgehead atoms. The summed E-state index contributed by atoms with van der Waals surface area (Å²) in [5.74, 6) is -0.382. The molecule has 150 valence electrons. The number of carbonyl (C=O) groups is 1. The summed E-state index contributed by atoms with van der Waals surface area (Å²) >= 11 is 5.94. The second-order valence-electron chi connectivity index (χ2n) is 6.86. The Morgan fingerprint density at radius 1 is 1.07 bits per heavy atom. The molecule has 0 aliphatic carbocycles. The first-order valence-corrected chi connectivity index (χ1v) is 9.62. The highest BCUT2D eigenvalue weighted by Gasteiger charge is 2.09. The number of amides is 1. The molecule has 0 aliphatic heterocycles. The average molecular weight is 420 g/mol. The number of hydrazone groups is 1. The van der Waals surface area contributed by atoms with Crippen LogP contribution in [0.15, 0.2) is 75.2 Å². The van der Waals surface area contributed by atoms with Gasteiger partial charge in [-0.2, -0.15) is 5.10 Å². The minimum absolute atomic E-state index is 0.207. The lowest BCUT2D eigenvalue weighted by atomic mass is 10.2. The van der Waals surface area contributed by atoms with E-state index in [1.807, 2.05) is 38.1 Å². The van der Waals surface area contributed by atoms with E-state index in [1.165, 1.54) is 18.5 Å². The van der Waals surface area contributed by atoms with Crippen LogP contribution in [0.2, 0.25) is 5.02 Å². The van der Waals surface area contributed by atoms with Crippen molar-refractivity contribution in [1.82, 2.24) is 9.99 Å². The van der Waals surface area contributed by atoms with Crippen molar-refractivity contribution >= 4 is 34.7 Å². The van der Waals surface area contributed by atoms with Crippen LogP contribution in [-0.2, 0) is 0 Å². The topological polar surface area (TPSA) is 76.6 Å². The van der Waals surface area contributed by atoms with Crippen LogP contribution in [-0.4, -0.2) is 16.7 Å². The van der Waals surface area contributed by atoms with Crippen molar-refractivity contribution in [2.24, 2.45) is 5.10 Å². The normalized spacial score (nSPS) is 11.3. The quantitative estimate of drug-likeness (QED) is 0.387. The molecule has 0 aliphatic rings. The summed E-state index contributed by atoms with van der Waals surface area (Å²) in [6.45, 7) is 4.05. The zero-order chi connectivity index (χ0) is 21.3. The fraction of sp³-hybridized carbons (Fsp3) is 0.0870. The molecular weight excluding hydrogens is 402 g/mol. The summed E-state index contributed by atoms with van der Waals surface area (Å²) < 4.78 is 7.53. The van der Waals surface area contributed by atoms with Gasteiger partial charge < -0.3 is 8.98 Å². The van der Waals surface area contributed by atoms with E-state index in [9.17, 15) is 9.59 Å². The minimum atomic E-state index is -0.382. The number of fused-ring (bicyclic) bond motifs is 1. The molecule has 2 aromatic carbocycles. The molecule has 30 heavy (non-hydrogen) atoms. The predicted octanol–water partition coefficient (Wildman–Crippen LogP) is 4.62. The van der Waals surface area contributed by atoms with Gasteiger partial charge in [0.15, 0.2) is 0 Å². The Bertz CT molecular complexity index is 1310. The number of nitrogens with one attached hydrogen (secondary N) is 1. The highest BCUT2D eigenvalue weighted by molar-refractivity contribution is 6.31. The van der Waals surface area contributed by atoms with Crippen LogP contribution in [0.5, 0.6) is 0 Å². The van der Waals surface area contributed by atoms with Gasteiger partial charge in [0.2, 0.25) is 5.43 Å². The Morgan fingerprint density at radius 2 is 1.77 bits per heavy atom. The minimum Gasteiger partial charge on any atom is -0.463 e. The Morgan fingerprint density at radius 3 is 2.47 bits per heavy atom. The van der Waals surface area contributed by atoms with Gasteiger partial charge in [0, 0.05) is 27.7 Å². The van der Waals surface area contributed by atoms with Crippen molar-refractivity contribution < 1.29 is 9.21 Å². The van der Waals surface area contributed by atoms with Gasteiger partial charge in [-0.15, -0.1) is 0 Å². The fourth-order valence-corrected chi connectivity index (χ4v) is 3.44. The van der Waals surface area contributed by atoms with Crippen molar-refractivity contribution in [3.8, 4) is 5.69 Å². The lowest BCUT2D eigenvalue weighted by Gasteiger charge is -2.10. The van der Waals surface area contributed by atoms with E-state index in [4.69, 9.17) is 16.0 Å². The van der Waals surface area contributed by atoms with Crippen LogP contribution in [0, 0.1) is 13.8 Å². The molecule has 0 saturated heterocycles. The van der Waals surface area contributed by atoms with Crippen LogP contribution in [0.3, 0.4) is 0 Å². The van der Waals surface area contributed by atoms with Gasteiger partial charge in [-0.25, -0.2) is 5.43 Å². The molecule has 4 rings (SSSR count). The molecule has 7 heteroatoms. The molecule has 0 unspecified atom stereocenters. The van der Waals surface area contributed by atoms with Gasteiger partial charge >= 0.3 is 0 Å². The molecular formula is C23H18ClN3O3. The predicted molar refractivity (Wildman–Crippen MR) is 118 cm³/mol. The number of nitrogens with zero attached hydrogens (tertiary/aromatic N) is 2. The average Bonchev–Trinajstić information content (AvgIpc) is 3.08. The van der Waals surface area contributed by atoms with Gasteiger partial charge in [0.1, 0.15) is 11.8 Å². The highest BCUT2D eigenvalue weighted by atomic mass is 35.5. The Hall–Kier alpha value is -3.64. The van der Waals surface area contributed by atoms with E-state index in [0.29, 0.717) is 21.6 Å². The number of aryl methyl sites for hydroxylation is 2. The second kappa shape index (κ2) is 8.00. The van der Waals surface area contributed by atoms with Crippen LogP contribution < -0.4 is 10.9 Å². The first kappa shape index (κ1) is 19.7. The van der Waals surface area contributed by atoms with Crippen molar-refractivity contribution in [2.75, 3.05) is 0 Å². The zero-order valence-electron chi connectivity index (χ0n) is 16.3. The van der Waals surface area contributed by atoms with E-state index in [-0.39, 0.29) is 16.9 Å². The standard InChI is InChI=1S/C23H18ClN3O3/c1-14-3-4-15(2)27(14)19-8-5-16(6-9-19)23(29)26-25-12-17-13-30-21-10-7-18(24)11-20(21)22(17)28/h3-13H,1-2H3,(H,26,29). The summed E-state index contributed by atoms with van der Waals surface area (Å²) in [4.78, 5) is 24.9. The number of hydrogen-bond donors (Lipinski definition) is 1. The molecule has 0 atom stereocenters. The molecule has 2 heterocycles. The first-order valence-electron chi connectivity index (χ1n) is 9.24. The van der Waals surface area contributed by atoms with Gasteiger partial charge in [0.25, 0.3) is 5.91 Å². The summed E-state index contributed by atoms with van der Waals surface area (Å²) in [6.07, 6.45) is 2.55. The summed E-state index contributed by atoms with van der Waals surface area (Å²) in [6, 6.07) is 16.1. The molecule has 6 nitrogen and oxygen atoms in total. The second-order valence-corrected chi connectivity index (χ2v) is 7.29. The van der Waals surface area contributed by atoms with Gasteiger partial charge in [-0.3, -0.25) is 9.59 Å². The Labute approximate surface area is 177 Å².